The molecule has 3 N–H and O–H groups in total. The number of aryl methyl sites for hydroxylation is 2. The van der Waals surface area contributed by atoms with Gasteiger partial charge in [-0.15, -0.1) is 11.3 Å². The number of halogens is 1. The van der Waals surface area contributed by atoms with Gasteiger partial charge in [0.15, 0.2) is 0 Å². The second-order valence-corrected chi connectivity index (χ2v) is 6.28. The summed E-state index contributed by atoms with van der Waals surface area (Å²) in [6, 6.07) is 4.85. The van der Waals surface area contributed by atoms with Gasteiger partial charge in [0.25, 0.3) is 0 Å². The number of nitrogens with zero attached hydrogens (tertiary/aromatic N) is 1. The van der Waals surface area contributed by atoms with Crippen molar-refractivity contribution in [1.29, 1.82) is 0 Å². The van der Waals surface area contributed by atoms with Crippen LogP contribution in [0, 0.1) is 19.7 Å². The number of aromatic nitrogens is 1. The van der Waals surface area contributed by atoms with Crippen molar-refractivity contribution in [3.8, 4) is 0 Å². The largest absolute Gasteiger partial charge is 0.389 e. The SMILES string of the molecule is Cc1nc(C)c(C(C)Nc2ccc(C(N)=S)c(F)c2)s1. The highest BCUT2D eigenvalue weighted by Gasteiger charge is 2.14. The van der Waals surface area contributed by atoms with Gasteiger partial charge in [-0.05, 0) is 39.0 Å². The number of benzene rings is 1. The fourth-order valence-electron chi connectivity index (χ4n) is 2.07. The Hall–Kier alpha value is -1.53. The smallest absolute Gasteiger partial charge is 0.135 e. The molecule has 20 heavy (non-hydrogen) atoms. The molecule has 0 amide bonds. The Morgan fingerprint density at radius 3 is 2.65 bits per heavy atom. The summed E-state index contributed by atoms with van der Waals surface area (Å²) < 4.78 is 13.8. The van der Waals surface area contributed by atoms with Crippen LogP contribution in [0.25, 0.3) is 0 Å². The summed E-state index contributed by atoms with van der Waals surface area (Å²) in [4.78, 5) is 5.62. The third-order valence-corrected chi connectivity index (χ3v) is 4.43. The second kappa shape index (κ2) is 5.85. The minimum atomic E-state index is -0.410. The van der Waals surface area contributed by atoms with E-state index in [0.29, 0.717) is 5.69 Å². The zero-order valence-electron chi connectivity index (χ0n) is 11.5. The molecule has 106 valence electrons. The zero-order chi connectivity index (χ0) is 14.9. The van der Waals surface area contributed by atoms with Crippen molar-refractivity contribution in [2.24, 2.45) is 5.73 Å². The van der Waals surface area contributed by atoms with Gasteiger partial charge < -0.3 is 11.1 Å². The van der Waals surface area contributed by atoms with Crippen LogP contribution in [0.3, 0.4) is 0 Å². The topological polar surface area (TPSA) is 50.9 Å². The number of nitrogens with two attached hydrogens (primary N) is 1. The number of thiazole rings is 1. The molecule has 1 atom stereocenters. The molecule has 1 unspecified atom stereocenters. The molecule has 0 saturated carbocycles. The first kappa shape index (κ1) is 14.9. The van der Waals surface area contributed by atoms with Crippen LogP contribution >= 0.6 is 23.6 Å². The van der Waals surface area contributed by atoms with Crippen LogP contribution in [-0.2, 0) is 0 Å². The first-order valence-corrected chi connectivity index (χ1v) is 7.40. The lowest BCUT2D eigenvalue weighted by atomic mass is 10.1. The van der Waals surface area contributed by atoms with E-state index < -0.39 is 5.82 Å². The van der Waals surface area contributed by atoms with Gasteiger partial charge >= 0.3 is 0 Å². The molecule has 1 aromatic carbocycles. The number of hydrogen-bond donors (Lipinski definition) is 2. The van der Waals surface area contributed by atoms with Crippen LogP contribution < -0.4 is 11.1 Å². The highest BCUT2D eigenvalue weighted by Crippen LogP contribution is 2.28. The van der Waals surface area contributed by atoms with Crippen LogP contribution in [0.5, 0.6) is 0 Å². The van der Waals surface area contributed by atoms with Gasteiger partial charge in [-0.3, -0.25) is 0 Å². The lowest BCUT2D eigenvalue weighted by Crippen LogP contribution is -2.12. The van der Waals surface area contributed by atoms with Crippen molar-refractivity contribution in [3.63, 3.8) is 0 Å². The van der Waals surface area contributed by atoms with Crippen LogP contribution in [0.1, 0.15) is 34.1 Å². The lowest BCUT2D eigenvalue weighted by Gasteiger charge is -2.15. The van der Waals surface area contributed by atoms with Crippen molar-refractivity contribution in [2.75, 3.05) is 5.32 Å². The molecule has 2 rings (SSSR count). The van der Waals surface area contributed by atoms with E-state index in [1.54, 1.807) is 23.5 Å². The Bertz CT molecular complexity index is 652. The molecule has 0 spiro atoms. The molecular weight excluding hydrogens is 293 g/mol. The van der Waals surface area contributed by atoms with Gasteiger partial charge in [0.05, 0.1) is 16.7 Å². The van der Waals surface area contributed by atoms with Gasteiger partial charge in [-0.2, -0.15) is 0 Å². The van der Waals surface area contributed by atoms with E-state index in [1.807, 2.05) is 20.8 Å². The molecule has 0 aliphatic carbocycles. The van der Waals surface area contributed by atoms with Gasteiger partial charge in [-0.25, -0.2) is 9.37 Å². The summed E-state index contributed by atoms with van der Waals surface area (Å²) in [6.07, 6.45) is 0. The first-order valence-electron chi connectivity index (χ1n) is 6.18. The molecule has 2 aromatic rings. The van der Waals surface area contributed by atoms with E-state index in [1.165, 1.54) is 6.07 Å². The van der Waals surface area contributed by atoms with E-state index in [-0.39, 0.29) is 16.6 Å². The Morgan fingerprint density at radius 2 is 2.15 bits per heavy atom. The van der Waals surface area contributed by atoms with E-state index in [4.69, 9.17) is 18.0 Å². The van der Waals surface area contributed by atoms with Crippen molar-refractivity contribution in [1.82, 2.24) is 4.98 Å². The second-order valence-electron chi connectivity index (χ2n) is 4.61. The zero-order valence-corrected chi connectivity index (χ0v) is 13.2. The molecule has 0 aliphatic rings. The van der Waals surface area contributed by atoms with Crippen LogP contribution in [0.15, 0.2) is 18.2 Å². The summed E-state index contributed by atoms with van der Waals surface area (Å²) in [6.45, 7) is 5.98. The van der Waals surface area contributed by atoms with E-state index in [0.717, 1.165) is 15.6 Å². The van der Waals surface area contributed by atoms with Gasteiger partial charge in [0.1, 0.15) is 10.8 Å². The average molecular weight is 309 g/mol. The highest BCUT2D eigenvalue weighted by molar-refractivity contribution is 7.80. The van der Waals surface area contributed by atoms with E-state index in [2.05, 4.69) is 10.3 Å². The Balaban J connectivity index is 2.20. The number of rotatable bonds is 4. The molecule has 1 heterocycles. The molecule has 0 fully saturated rings. The minimum Gasteiger partial charge on any atom is -0.389 e. The summed E-state index contributed by atoms with van der Waals surface area (Å²) in [7, 11) is 0. The maximum atomic E-state index is 13.8. The van der Waals surface area contributed by atoms with Gasteiger partial charge in [-0.1, -0.05) is 12.2 Å². The average Bonchev–Trinajstić information content (AvgIpc) is 2.68. The van der Waals surface area contributed by atoms with Crippen molar-refractivity contribution >= 4 is 34.2 Å². The molecule has 6 heteroatoms. The Labute approximate surface area is 127 Å². The molecule has 3 nitrogen and oxygen atoms in total. The normalized spacial score (nSPS) is 12.2. The van der Waals surface area contributed by atoms with E-state index in [9.17, 15) is 4.39 Å². The quantitative estimate of drug-likeness (QED) is 0.845. The van der Waals surface area contributed by atoms with Crippen LogP contribution in [0.2, 0.25) is 0 Å². The van der Waals surface area contributed by atoms with Crippen molar-refractivity contribution in [2.45, 2.75) is 26.8 Å². The number of anilines is 1. The van der Waals surface area contributed by atoms with Crippen LogP contribution in [0.4, 0.5) is 10.1 Å². The third kappa shape index (κ3) is 3.13. The van der Waals surface area contributed by atoms with E-state index >= 15 is 0 Å². The lowest BCUT2D eigenvalue weighted by molar-refractivity contribution is 0.625. The number of nitrogens with one attached hydrogen (secondary N) is 1. The predicted molar refractivity (Wildman–Crippen MR) is 85.9 cm³/mol. The fourth-order valence-corrected chi connectivity index (χ4v) is 3.16. The Kier molecular flexibility index (Phi) is 4.35. The third-order valence-electron chi connectivity index (χ3n) is 2.95. The summed E-state index contributed by atoms with van der Waals surface area (Å²) in [5.41, 5.74) is 7.41. The molecule has 0 aliphatic heterocycles. The minimum absolute atomic E-state index is 0.0658. The summed E-state index contributed by atoms with van der Waals surface area (Å²) in [5, 5.41) is 4.29. The van der Waals surface area contributed by atoms with Crippen molar-refractivity contribution in [3.05, 3.63) is 45.2 Å². The standard InChI is InChI=1S/C14H16FN3S2/c1-7-13(20-9(3)17-7)8(2)18-10-4-5-11(14(16)19)12(15)6-10/h4-6,8,18H,1-3H3,(H2,16,19). The van der Waals surface area contributed by atoms with Gasteiger partial charge in [0.2, 0.25) is 0 Å². The maximum Gasteiger partial charge on any atom is 0.135 e. The molecular formula is C14H16FN3S2. The predicted octanol–water partition coefficient (Wildman–Crippen LogP) is 3.71. The monoisotopic (exact) mass is 309 g/mol. The molecule has 1 aromatic heterocycles. The number of hydrogen-bond acceptors (Lipinski definition) is 4. The summed E-state index contributed by atoms with van der Waals surface area (Å²) >= 11 is 6.43. The highest BCUT2D eigenvalue weighted by atomic mass is 32.1. The fraction of sp³-hybridized carbons (Fsp3) is 0.286. The molecule has 0 bridgehead atoms. The molecule has 0 saturated heterocycles. The first-order chi connectivity index (χ1) is 9.38. The van der Waals surface area contributed by atoms with Gasteiger partial charge in [0, 0.05) is 16.1 Å². The summed E-state index contributed by atoms with van der Waals surface area (Å²) in [5.74, 6) is -0.410. The number of thiocarbonyl (C=S) groups is 1. The van der Waals surface area contributed by atoms with Crippen LogP contribution in [-0.4, -0.2) is 9.97 Å². The molecule has 0 radical (unpaired) electrons. The Morgan fingerprint density at radius 1 is 1.45 bits per heavy atom. The van der Waals surface area contributed by atoms with Crippen molar-refractivity contribution < 1.29 is 4.39 Å². The maximum absolute atomic E-state index is 13.8.